The highest BCUT2D eigenvalue weighted by atomic mass is 19.4. The van der Waals surface area contributed by atoms with Crippen LogP contribution in [0.1, 0.15) is 36.6 Å². The summed E-state index contributed by atoms with van der Waals surface area (Å²) in [5.74, 6) is -1.75. The first-order chi connectivity index (χ1) is 14.7. The molecule has 0 saturated carbocycles. The van der Waals surface area contributed by atoms with Gasteiger partial charge in [-0.3, -0.25) is 14.4 Å². The van der Waals surface area contributed by atoms with E-state index in [0.717, 1.165) is 11.1 Å². The molecule has 0 heterocycles. The van der Waals surface area contributed by atoms with Crippen molar-refractivity contribution >= 4 is 23.3 Å². The fraction of sp³-hybridized carbons (Fsp3) is 0.0870. The molecule has 0 aromatic heterocycles. The molecule has 0 radical (unpaired) electrons. The molecule has 4 rings (SSSR count). The van der Waals surface area contributed by atoms with Gasteiger partial charge >= 0.3 is 6.18 Å². The number of alkyl halides is 3. The van der Waals surface area contributed by atoms with E-state index in [1.54, 1.807) is 35.6 Å². The van der Waals surface area contributed by atoms with Gasteiger partial charge in [0.2, 0.25) is 0 Å². The quantitative estimate of drug-likeness (QED) is 0.509. The largest absolute Gasteiger partial charge is 0.405 e. The molecule has 2 N–H and O–H groups in total. The number of fused-ring (bicyclic) bond motifs is 3. The summed E-state index contributed by atoms with van der Waals surface area (Å²) < 4.78 is 37.2. The molecule has 0 spiro atoms. The van der Waals surface area contributed by atoms with E-state index in [4.69, 9.17) is 0 Å². The number of hydrogen-bond acceptors (Lipinski definition) is 3. The van der Waals surface area contributed by atoms with Crippen molar-refractivity contribution in [1.29, 1.82) is 0 Å². The number of halogens is 3. The molecule has 0 unspecified atom stereocenters. The van der Waals surface area contributed by atoms with Crippen molar-refractivity contribution in [3.8, 4) is 11.1 Å². The highest BCUT2D eigenvalue weighted by Crippen LogP contribution is 2.36. The van der Waals surface area contributed by atoms with Crippen LogP contribution in [0.4, 0.5) is 18.9 Å². The molecule has 0 aliphatic heterocycles. The lowest BCUT2D eigenvalue weighted by Crippen LogP contribution is -2.34. The van der Waals surface area contributed by atoms with E-state index in [2.05, 4.69) is 5.32 Å². The summed E-state index contributed by atoms with van der Waals surface area (Å²) in [7, 11) is 0. The summed E-state index contributed by atoms with van der Waals surface area (Å²) >= 11 is 0. The van der Waals surface area contributed by atoms with Gasteiger partial charge in [0.05, 0.1) is 11.3 Å². The topological polar surface area (TPSA) is 75.3 Å². The molecule has 156 valence electrons. The van der Waals surface area contributed by atoms with Crippen molar-refractivity contribution < 1.29 is 27.6 Å². The first-order valence-corrected chi connectivity index (χ1v) is 9.28. The average Bonchev–Trinajstić information content (AvgIpc) is 3.04. The molecule has 0 saturated heterocycles. The standard InChI is InChI=1S/C23H15F3N2O3/c24-23(25,26)12-27-22(31)17-7-3-4-8-19(17)28-21(30)13-9-10-15-14-5-1-2-6-16(14)20(29)18(15)11-13/h1-11H,12H2,(H,27,31)(H,28,30). The van der Waals surface area contributed by atoms with Crippen LogP contribution in [0.15, 0.2) is 66.7 Å². The van der Waals surface area contributed by atoms with Crippen molar-refractivity contribution in [1.82, 2.24) is 5.32 Å². The number of carbonyl (C=O) groups is 3. The maximum atomic E-state index is 12.8. The predicted octanol–water partition coefficient (Wildman–Crippen LogP) is 4.44. The molecule has 2 amide bonds. The summed E-state index contributed by atoms with van der Waals surface area (Å²) in [6, 6.07) is 17.6. The third kappa shape index (κ3) is 4.05. The molecular weight excluding hydrogens is 409 g/mol. The Kier molecular flexibility index (Phi) is 5.06. The number of nitrogens with one attached hydrogen (secondary N) is 2. The van der Waals surface area contributed by atoms with Gasteiger partial charge in [0, 0.05) is 16.7 Å². The van der Waals surface area contributed by atoms with Crippen LogP contribution in [-0.2, 0) is 0 Å². The van der Waals surface area contributed by atoms with Gasteiger partial charge in [0.15, 0.2) is 5.78 Å². The fourth-order valence-electron chi connectivity index (χ4n) is 3.43. The van der Waals surface area contributed by atoms with Crippen molar-refractivity contribution in [3.63, 3.8) is 0 Å². The van der Waals surface area contributed by atoms with Crippen LogP contribution in [0.25, 0.3) is 11.1 Å². The maximum Gasteiger partial charge on any atom is 0.405 e. The first-order valence-electron chi connectivity index (χ1n) is 9.28. The number of anilines is 1. The number of carbonyl (C=O) groups excluding carboxylic acids is 3. The third-order valence-corrected chi connectivity index (χ3v) is 4.86. The van der Waals surface area contributed by atoms with Crippen molar-refractivity contribution in [2.24, 2.45) is 0 Å². The smallest absolute Gasteiger partial charge is 0.343 e. The van der Waals surface area contributed by atoms with E-state index in [1.165, 1.54) is 24.3 Å². The normalized spacial score (nSPS) is 12.2. The van der Waals surface area contributed by atoms with Crippen LogP contribution < -0.4 is 10.6 Å². The summed E-state index contributed by atoms with van der Waals surface area (Å²) in [5, 5.41) is 4.32. The van der Waals surface area contributed by atoms with Crippen LogP contribution in [0.3, 0.4) is 0 Å². The van der Waals surface area contributed by atoms with Gasteiger partial charge in [-0.05, 0) is 35.4 Å². The molecule has 1 aliphatic rings. The van der Waals surface area contributed by atoms with Crippen LogP contribution in [0.5, 0.6) is 0 Å². The lowest BCUT2D eigenvalue weighted by molar-refractivity contribution is -0.123. The molecule has 3 aromatic carbocycles. The molecule has 1 aliphatic carbocycles. The van der Waals surface area contributed by atoms with E-state index in [9.17, 15) is 27.6 Å². The fourth-order valence-corrected chi connectivity index (χ4v) is 3.43. The lowest BCUT2D eigenvalue weighted by atomic mass is 10.0. The molecule has 5 nitrogen and oxygen atoms in total. The van der Waals surface area contributed by atoms with Crippen LogP contribution in [-0.4, -0.2) is 30.3 Å². The van der Waals surface area contributed by atoms with Gasteiger partial charge in [-0.2, -0.15) is 13.2 Å². The molecule has 3 aromatic rings. The van der Waals surface area contributed by atoms with Gasteiger partial charge in [-0.1, -0.05) is 42.5 Å². The molecule has 31 heavy (non-hydrogen) atoms. The van der Waals surface area contributed by atoms with E-state index in [1.807, 2.05) is 12.1 Å². The Balaban J connectivity index is 1.57. The van der Waals surface area contributed by atoms with E-state index >= 15 is 0 Å². The van der Waals surface area contributed by atoms with Gasteiger partial charge in [-0.15, -0.1) is 0 Å². The van der Waals surface area contributed by atoms with E-state index in [-0.39, 0.29) is 22.6 Å². The minimum Gasteiger partial charge on any atom is -0.343 e. The van der Waals surface area contributed by atoms with Crippen molar-refractivity contribution in [3.05, 3.63) is 89.0 Å². The number of hydrogen-bond donors (Lipinski definition) is 2. The SMILES string of the molecule is O=C(Nc1ccccc1C(=O)NCC(F)(F)F)c1ccc2c(c1)C(=O)c1ccccc1-2. The minimum absolute atomic E-state index is 0.0577. The minimum atomic E-state index is -4.55. The van der Waals surface area contributed by atoms with E-state index < -0.39 is 24.5 Å². The lowest BCUT2D eigenvalue weighted by Gasteiger charge is -2.13. The number of benzene rings is 3. The summed E-state index contributed by atoms with van der Waals surface area (Å²) in [4.78, 5) is 37.5. The molecule has 8 heteroatoms. The highest BCUT2D eigenvalue weighted by Gasteiger charge is 2.29. The van der Waals surface area contributed by atoms with Gasteiger partial charge in [-0.25, -0.2) is 0 Å². The van der Waals surface area contributed by atoms with Crippen LogP contribution >= 0.6 is 0 Å². The average molecular weight is 424 g/mol. The Morgan fingerprint density at radius 1 is 0.774 bits per heavy atom. The predicted molar refractivity (Wildman–Crippen MR) is 108 cm³/mol. The Morgan fingerprint density at radius 3 is 2.16 bits per heavy atom. The summed E-state index contributed by atoms with van der Waals surface area (Å²) in [6.45, 7) is -1.48. The monoisotopic (exact) mass is 424 g/mol. The van der Waals surface area contributed by atoms with Crippen LogP contribution in [0, 0.1) is 0 Å². The zero-order chi connectivity index (χ0) is 22.2. The first kappa shape index (κ1) is 20.3. The Hall–Kier alpha value is -3.94. The highest BCUT2D eigenvalue weighted by molar-refractivity contribution is 6.22. The van der Waals surface area contributed by atoms with Crippen molar-refractivity contribution in [2.45, 2.75) is 6.18 Å². The molecule has 0 bridgehead atoms. The third-order valence-electron chi connectivity index (χ3n) is 4.86. The molecule has 0 fully saturated rings. The van der Waals surface area contributed by atoms with Gasteiger partial charge in [0.25, 0.3) is 11.8 Å². The summed E-state index contributed by atoms with van der Waals surface area (Å²) in [5.41, 5.74) is 2.61. The summed E-state index contributed by atoms with van der Waals surface area (Å²) in [6.07, 6.45) is -4.55. The second-order valence-electron chi connectivity index (χ2n) is 6.93. The Labute approximate surface area is 174 Å². The number of ketones is 1. The maximum absolute atomic E-state index is 12.8. The van der Waals surface area contributed by atoms with Gasteiger partial charge < -0.3 is 10.6 Å². The number of rotatable bonds is 4. The zero-order valence-corrected chi connectivity index (χ0v) is 15.9. The second-order valence-corrected chi connectivity index (χ2v) is 6.93. The second kappa shape index (κ2) is 7.71. The zero-order valence-electron chi connectivity index (χ0n) is 15.9. The van der Waals surface area contributed by atoms with E-state index in [0.29, 0.717) is 11.1 Å². The molecular formula is C23H15F3N2O3. The molecule has 0 atom stereocenters. The Morgan fingerprint density at radius 2 is 1.42 bits per heavy atom. The Bertz CT molecular complexity index is 1220. The number of para-hydroxylation sites is 1. The van der Waals surface area contributed by atoms with Crippen molar-refractivity contribution in [2.75, 3.05) is 11.9 Å². The van der Waals surface area contributed by atoms with Gasteiger partial charge in [0.1, 0.15) is 6.54 Å². The number of amides is 2. The van der Waals surface area contributed by atoms with Crippen LogP contribution in [0.2, 0.25) is 0 Å².